The minimum atomic E-state index is -0.952. The maximum atomic E-state index is 10.5. The molecule has 0 unspecified atom stereocenters. The molecule has 0 aliphatic carbocycles. The van der Waals surface area contributed by atoms with E-state index in [1.165, 1.54) is 0 Å². The van der Waals surface area contributed by atoms with Gasteiger partial charge in [0.25, 0.3) is 0 Å². The van der Waals surface area contributed by atoms with Crippen molar-refractivity contribution in [3.63, 3.8) is 0 Å². The second-order valence-electron chi connectivity index (χ2n) is 8.36. The second-order valence-corrected chi connectivity index (χ2v) is 15.2. The molecule has 4 aromatic carbocycles. The van der Waals surface area contributed by atoms with Crippen molar-refractivity contribution in [2.24, 2.45) is 0 Å². The zero-order valence-electron chi connectivity index (χ0n) is 18.6. The summed E-state index contributed by atoms with van der Waals surface area (Å²) in [4.78, 5) is 0. The molecule has 0 saturated carbocycles. The first-order valence-electron chi connectivity index (χ1n) is 10.5. The Balaban J connectivity index is 2.21. The van der Waals surface area contributed by atoms with E-state index >= 15 is 0 Å². The first-order chi connectivity index (χ1) is 17.8. The molecule has 0 aliphatic heterocycles. The van der Waals surface area contributed by atoms with Crippen molar-refractivity contribution < 1.29 is 20.4 Å². The van der Waals surface area contributed by atoms with Crippen molar-refractivity contribution >= 4 is 127 Å². The summed E-state index contributed by atoms with van der Waals surface area (Å²) in [6, 6.07) is 14.7. The fourth-order valence-electron chi connectivity index (χ4n) is 4.27. The Morgan fingerprint density at radius 2 is 0.605 bits per heavy atom. The predicted octanol–water partition coefficient (Wildman–Crippen LogP) is 11.2. The van der Waals surface area contributed by atoms with Gasteiger partial charge in [-0.3, -0.25) is 0 Å². The van der Waals surface area contributed by atoms with Gasteiger partial charge in [-0.2, -0.15) is 0 Å². The van der Waals surface area contributed by atoms with Crippen molar-refractivity contribution in [2.75, 3.05) is 0 Å². The maximum Gasteiger partial charge on any atom is 0.143 e. The predicted molar refractivity (Wildman–Crippen MR) is 178 cm³/mol. The summed E-state index contributed by atoms with van der Waals surface area (Å²) in [5.41, 5.74) is 2.30. The lowest BCUT2D eigenvalue weighted by molar-refractivity contribution is 0.464. The molecule has 0 atom stereocenters. The third-order valence-corrected chi connectivity index (χ3v) is 10.9. The number of phenolic OH excluding ortho intramolecular Hbond substituents is 4. The van der Waals surface area contributed by atoms with Gasteiger partial charge in [-0.25, -0.2) is 0 Å². The number of hydrogen-bond acceptors (Lipinski definition) is 4. The first-order valence-corrected chi connectivity index (χ1v) is 16.8. The van der Waals surface area contributed by atoms with Gasteiger partial charge >= 0.3 is 0 Å². The van der Waals surface area contributed by atoms with E-state index in [1.54, 1.807) is 0 Å². The van der Waals surface area contributed by atoms with Crippen LogP contribution in [-0.2, 0) is 11.8 Å². The van der Waals surface area contributed by atoms with Crippen LogP contribution in [0.15, 0.2) is 84.3 Å². The highest BCUT2D eigenvalue weighted by Gasteiger charge is 2.39. The SMILES string of the molecule is Oc1c(Br)cc(CC(c2cc(Br)c(O)c(Br)c2)(c2cc(Br)c(O)c(Br)c2)c2cc(Br)c(O)c(Br)c2)cc1Br. The lowest BCUT2D eigenvalue weighted by Gasteiger charge is -2.37. The summed E-state index contributed by atoms with van der Waals surface area (Å²) in [6.07, 6.45) is 0.376. The number of rotatable bonds is 5. The van der Waals surface area contributed by atoms with E-state index in [2.05, 4.69) is 127 Å². The lowest BCUT2D eigenvalue weighted by Crippen LogP contribution is -2.32. The first kappa shape index (κ1) is 30.9. The van der Waals surface area contributed by atoms with E-state index in [0.717, 1.165) is 22.3 Å². The number of aromatic hydroxyl groups is 4. The molecule has 38 heavy (non-hydrogen) atoms. The maximum absolute atomic E-state index is 10.5. The number of halogens is 8. The Labute approximate surface area is 285 Å². The van der Waals surface area contributed by atoms with Crippen LogP contribution in [0.1, 0.15) is 22.3 Å². The molecule has 4 aromatic rings. The van der Waals surface area contributed by atoms with Gasteiger partial charge in [0.05, 0.1) is 35.8 Å². The molecule has 0 fully saturated rings. The average Bonchev–Trinajstić information content (AvgIpc) is 2.85. The number of benzene rings is 4. The largest absolute Gasteiger partial charge is 0.506 e. The van der Waals surface area contributed by atoms with Crippen LogP contribution >= 0.6 is 127 Å². The van der Waals surface area contributed by atoms with Gasteiger partial charge in [-0.1, -0.05) is 0 Å². The van der Waals surface area contributed by atoms with Gasteiger partial charge in [-0.05, 0) is 205 Å². The molecule has 198 valence electrons. The summed E-state index contributed by atoms with van der Waals surface area (Å²) in [5.74, 6) is 0.247. The lowest BCUT2D eigenvalue weighted by atomic mass is 9.66. The van der Waals surface area contributed by atoms with Crippen molar-refractivity contribution in [1.29, 1.82) is 0 Å². The normalized spacial score (nSPS) is 11.7. The Morgan fingerprint density at radius 3 is 0.842 bits per heavy atom. The van der Waals surface area contributed by atoms with Gasteiger partial charge in [0, 0.05) is 5.41 Å². The van der Waals surface area contributed by atoms with Gasteiger partial charge in [0.1, 0.15) is 23.0 Å². The van der Waals surface area contributed by atoms with Gasteiger partial charge < -0.3 is 20.4 Å². The van der Waals surface area contributed by atoms with Crippen LogP contribution in [0.3, 0.4) is 0 Å². The number of phenols is 4. The summed E-state index contributed by atoms with van der Waals surface area (Å²) < 4.78 is 3.92. The fraction of sp³-hybridized carbons (Fsp3) is 0.0769. The van der Waals surface area contributed by atoms with Crippen LogP contribution < -0.4 is 0 Å². The molecule has 4 nitrogen and oxygen atoms in total. The molecule has 0 saturated heterocycles. The minimum absolute atomic E-state index is 0.0545. The molecule has 0 bridgehead atoms. The molecule has 4 N–H and O–H groups in total. The molecule has 0 spiro atoms. The molecule has 12 heteroatoms. The molecular formula is C26H14Br8O4. The molecule has 0 radical (unpaired) electrons. The van der Waals surface area contributed by atoms with E-state index in [-0.39, 0.29) is 23.0 Å². The van der Waals surface area contributed by atoms with Gasteiger partial charge in [0.15, 0.2) is 0 Å². The standard InChI is InChI=1S/C26H14Br8O4/c27-14-1-10(2-15(28)22(14)35)9-26(11-3-16(29)23(36)17(30)4-11,12-5-18(31)24(37)19(32)6-12)13-7-20(33)25(38)21(34)8-13/h1-8,35-38H,9H2. The average molecular weight is 1030 g/mol. The summed E-state index contributed by atoms with van der Waals surface area (Å²) in [7, 11) is 0. The summed E-state index contributed by atoms with van der Waals surface area (Å²) in [6.45, 7) is 0. The van der Waals surface area contributed by atoms with E-state index in [4.69, 9.17) is 0 Å². The molecule has 0 aliphatic rings. The quantitative estimate of drug-likeness (QED) is 0.150. The second kappa shape index (κ2) is 12.0. The molecule has 4 rings (SSSR count). The van der Waals surface area contributed by atoms with Crippen LogP contribution in [-0.4, -0.2) is 20.4 Å². The zero-order valence-corrected chi connectivity index (χ0v) is 31.3. The van der Waals surface area contributed by atoms with Crippen molar-refractivity contribution in [1.82, 2.24) is 0 Å². The number of hydrogen-bond donors (Lipinski definition) is 4. The van der Waals surface area contributed by atoms with Crippen molar-refractivity contribution in [2.45, 2.75) is 11.8 Å². The van der Waals surface area contributed by atoms with Gasteiger partial charge in [-0.15, -0.1) is 0 Å². The molecule has 0 heterocycles. The molecule has 0 amide bonds. The van der Waals surface area contributed by atoms with Crippen LogP contribution in [0, 0.1) is 0 Å². The Hall–Kier alpha value is -0.0800. The van der Waals surface area contributed by atoms with E-state index in [0.29, 0.717) is 42.2 Å². The highest BCUT2D eigenvalue weighted by Crippen LogP contribution is 2.51. The third-order valence-electron chi connectivity index (χ3n) is 6.08. The Kier molecular flexibility index (Phi) is 9.77. The van der Waals surface area contributed by atoms with E-state index in [9.17, 15) is 20.4 Å². The molecular weight excluding hydrogens is 1020 g/mol. The van der Waals surface area contributed by atoms with E-state index < -0.39 is 5.41 Å². The topological polar surface area (TPSA) is 80.9 Å². The van der Waals surface area contributed by atoms with Crippen LogP contribution in [0.25, 0.3) is 0 Å². The smallest absolute Gasteiger partial charge is 0.143 e. The molecule has 0 aromatic heterocycles. The van der Waals surface area contributed by atoms with Crippen LogP contribution in [0.5, 0.6) is 23.0 Å². The monoisotopic (exact) mass is 1020 g/mol. The van der Waals surface area contributed by atoms with Crippen molar-refractivity contribution in [3.05, 3.63) is 107 Å². The Bertz CT molecular complexity index is 1360. The van der Waals surface area contributed by atoms with Crippen LogP contribution in [0.2, 0.25) is 0 Å². The highest BCUT2D eigenvalue weighted by atomic mass is 79.9. The van der Waals surface area contributed by atoms with Gasteiger partial charge in [0.2, 0.25) is 0 Å². The van der Waals surface area contributed by atoms with Crippen molar-refractivity contribution in [3.8, 4) is 23.0 Å². The minimum Gasteiger partial charge on any atom is -0.506 e. The zero-order chi connectivity index (χ0) is 28.1. The third kappa shape index (κ3) is 5.80. The fourth-order valence-corrected chi connectivity index (χ4v) is 9.11. The van der Waals surface area contributed by atoms with E-state index in [1.807, 2.05) is 48.5 Å². The summed E-state index contributed by atoms with van der Waals surface area (Å²) >= 11 is 27.8. The summed E-state index contributed by atoms with van der Waals surface area (Å²) in [5, 5.41) is 42.0. The highest BCUT2D eigenvalue weighted by molar-refractivity contribution is 9.12. The Morgan fingerprint density at radius 1 is 0.395 bits per heavy atom. The van der Waals surface area contributed by atoms with Crippen LogP contribution in [0.4, 0.5) is 0 Å².